The van der Waals surface area contributed by atoms with E-state index in [0.29, 0.717) is 19.6 Å². The molecule has 2 N–H and O–H groups in total. The van der Waals surface area contributed by atoms with Crippen molar-refractivity contribution in [3.63, 3.8) is 0 Å². The maximum atomic E-state index is 11.3. The molecule has 0 atom stereocenters. The second-order valence-corrected chi connectivity index (χ2v) is 8.67. The number of carbonyl (C=O) groups is 1. The molecule has 2 aromatic carbocycles. The van der Waals surface area contributed by atoms with Gasteiger partial charge in [-0.3, -0.25) is 4.79 Å². The first-order valence-electron chi connectivity index (χ1n) is 12.7. The molecule has 0 radical (unpaired) electrons. The van der Waals surface area contributed by atoms with E-state index in [4.69, 9.17) is 9.47 Å². The third-order valence-corrected chi connectivity index (χ3v) is 5.99. The quantitative estimate of drug-likeness (QED) is 0.164. The summed E-state index contributed by atoms with van der Waals surface area (Å²) in [6, 6.07) is 20.6. The van der Waals surface area contributed by atoms with Crippen molar-refractivity contribution in [3.8, 4) is 17.0 Å². The highest BCUT2D eigenvalue weighted by Gasteiger charge is 2.10. The van der Waals surface area contributed by atoms with Crippen molar-refractivity contribution in [1.29, 1.82) is 0 Å². The van der Waals surface area contributed by atoms with Crippen LogP contribution in [0.5, 0.6) is 5.75 Å². The molecular formula is C29H34N4O3. The summed E-state index contributed by atoms with van der Waals surface area (Å²) in [5.74, 6) is 1.58. The van der Waals surface area contributed by atoms with Crippen LogP contribution in [0.15, 0.2) is 67.0 Å². The number of hydrogen-bond acceptors (Lipinski definition) is 6. The van der Waals surface area contributed by atoms with Crippen LogP contribution < -0.4 is 10.1 Å². The minimum Gasteiger partial charge on any atom is -0.494 e. The number of aromatic amines is 1. The number of aromatic nitrogens is 3. The summed E-state index contributed by atoms with van der Waals surface area (Å²) in [5, 5.41) is 4.42. The van der Waals surface area contributed by atoms with Crippen LogP contribution in [0.1, 0.15) is 44.6 Å². The number of hydrogen-bond donors (Lipinski definition) is 2. The maximum absolute atomic E-state index is 11.3. The minimum atomic E-state index is -0.105. The summed E-state index contributed by atoms with van der Waals surface area (Å²) in [6.45, 7) is 3.75. The van der Waals surface area contributed by atoms with Crippen molar-refractivity contribution < 1.29 is 14.3 Å². The van der Waals surface area contributed by atoms with E-state index in [9.17, 15) is 4.79 Å². The predicted molar refractivity (Wildman–Crippen MR) is 143 cm³/mol. The largest absolute Gasteiger partial charge is 0.494 e. The van der Waals surface area contributed by atoms with Crippen LogP contribution in [0.25, 0.3) is 22.3 Å². The van der Waals surface area contributed by atoms with Crippen LogP contribution in [0.4, 0.5) is 5.82 Å². The number of nitrogens with one attached hydrogen (secondary N) is 2. The molecule has 4 aromatic rings. The number of carbonyl (C=O) groups excluding carboxylic acids is 1. The Bertz CT molecular complexity index is 1220. The molecule has 0 saturated heterocycles. The van der Waals surface area contributed by atoms with Gasteiger partial charge in [0.2, 0.25) is 0 Å². The molecule has 0 amide bonds. The topological polar surface area (TPSA) is 89.1 Å². The molecule has 0 aliphatic heterocycles. The fourth-order valence-electron chi connectivity index (χ4n) is 4.09. The second kappa shape index (κ2) is 13.3. The zero-order chi connectivity index (χ0) is 25.0. The normalized spacial score (nSPS) is 10.9. The van der Waals surface area contributed by atoms with Gasteiger partial charge in [-0.15, -0.1) is 0 Å². The fourth-order valence-corrected chi connectivity index (χ4v) is 4.09. The van der Waals surface area contributed by atoms with E-state index in [1.165, 1.54) is 5.56 Å². The van der Waals surface area contributed by atoms with E-state index in [0.717, 1.165) is 72.5 Å². The first-order chi connectivity index (χ1) is 17.7. The molecule has 2 heterocycles. The molecule has 7 heteroatoms. The van der Waals surface area contributed by atoms with Gasteiger partial charge in [0, 0.05) is 18.7 Å². The third-order valence-electron chi connectivity index (χ3n) is 5.99. The van der Waals surface area contributed by atoms with Crippen LogP contribution in [0, 0.1) is 0 Å². The Morgan fingerprint density at radius 2 is 1.78 bits per heavy atom. The summed E-state index contributed by atoms with van der Waals surface area (Å²) in [5.41, 5.74) is 4.16. The lowest BCUT2D eigenvalue weighted by Crippen LogP contribution is -2.06. The number of ether oxygens (including phenoxy) is 2. The number of anilines is 1. The number of H-pyrrole nitrogens is 1. The van der Waals surface area contributed by atoms with Crippen LogP contribution in [0.3, 0.4) is 0 Å². The number of esters is 1. The lowest BCUT2D eigenvalue weighted by Gasteiger charge is -2.07. The minimum absolute atomic E-state index is 0.105. The summed E-state index contributed by atoms with van der Waals surface area (Å²) in [6.07, 6.45) is 6.89. The molecule has 0 saturated carbocycles. The predicted octanol–water partition coefficient (Wildman–Crippen LogP) is 6.17. The number of benzene rings is 2. The molecule has 188 valence electrons. The highest BCUT2D eigenvalue weighted by molar-refractivity contribution is 5.91. The third kappa shape index (κ3) is 7.31. The van der Waals surface area contributed by atoms with Crippen LogP contribution in [0.2, 0.25) is 0 Å². The average Bonchev–Trinajstić information content (AvgIpc) is 3.35. The van der Waals surface area contributed by atoms with Gasteiger partial charge in [0.25, 0.3) is 0 Å². The van der Waals surface area contributed by atoms with Crippen molar-refractivity contribution in [3.05, 3.63) is 72.6 Å². The van der Waals surface area contributed by atoms with Gasteiger partial charge in [0.15, 0.2) is 0 Å². The van der Waals surface area contributed by atoms with Crippen molar-refractivity contribution in [2.24, 2.45) is 0 Å². The van der Waals surface area contributed by atoms with E-state index in [-0.39, 0.29) is 5.97 Å². The second-order valence-electron chi connectivity index (χ2n) is 8.67. The van der Waals surface area contributed by atoms with E-state index < -0.39 is 0 Å². The zero-order valence-corrected chi connectivity index (χ0v) is 20.8. The molecular weight excluding hydrogens is 452 g/mol. The van der Waals surface area contributed by atoms with Gasteiger partial charge in [0.05, 0.1) is 18.6 Å². The van der Waals surface area contributed by atoms with Gasteiger partial charge in [0.1, 0.15) is 23.5 Å². The number of unbranched alkanes of at least 4 members (excludes halogenated alkanes) is 3. The Balaban J connectivity index is 1.25. The molecule has 36 heavy (non-hydrogen) atoms. The number of nitrogens with zero attached hydrogens (tertiary/aromatic N) is 2. The van der Waals surface area contributed by atoms with E-state index in [2.05, 4.69) is 62.7 Å². The van der Waals surface area contributed by atoms with Crippen LogP contribution in [-0.2, 0) is 16.0 Å². The standard InChI is InChI=1S/C29H34N4O3/c1-2-35-27(34)12-8-3-4-9-19-36-24-15-13-23(14-16-24)26-20-25-28(31-21-32-29(25)33-26)30-18-17-22-10-6-5-7-11-22/h5-7,10-11,13-16,20-21H,2-4,8-9,12,17-19H2,1H3,(H2,30,31,32,33). The van der Waals surface area contributed by atoms with E-state index in [1.54, 1.807) is 6.33 Å². The Morgan fingerprint density at radius 1 is 0.972 bits per heavy atom. The molecule has 0 aliphatic carbocycles. The summed E-state index contributed by atoms with van der Waals surface area (Å²) < 4.78 is 10.8. The van der Waals surface area contributed by atoms with E-state index in [1.807, 2.05) is 25.1 Å². The number of fused-ring (bicyclic) bond motifs is 1. The lowest BCUT2D eigenvalue weighted by atomic mass is 10.1. The summed E-state index contributed by atoms with van der Waals surface area (Å²) in [7, 11) is 0. The monoisotopic (exact) mass is 486 g/mol. The van der Waals surface area contributed by atoms with Gasteiger partial charge in [-0.1, -0.05) is 43.2 Å². The molecule has 0 aliphatic rings. The molecule has 4 rings (SSSR count). The molecule has 0 bridgehead atoms. The smallest absolute Gasteiger partial charge is 0.305 e. The number of rotatable bonds is 14. The molecule has 0 unspecified atom stereocenters. The van der Waals surface area contributed by atoms with Gasteiger partial charge in [-0.2, -0.15) is 0 Å². The van der Waals surface area contributed by atoms with Crippen molar-refractivity contribution >= 4 is 22.8 Å². The Labute approximate surface area is 212 Å². The van der Waals surface area contributed by atoms with Crippen molar-refractivity contribution in [2.45, 2.75) is 45.4 Å². The zero-order valence-electron chi connectivity index (χ0n) is 20.8. The Hall–Kier alpha value is -3.87. The fraction of sp³-hybridized carbons (Fsp3) is 0.345. The van der Waals surface area contributed by atoms with Crippen molar-refractivity contribution in [2.75, 3.05) is 25.1 Å². The lowest BCUT2D eigenvalue weighted by molar-refractivity contribution is -0.143. The first-order valence-corrected chi connectivity index (χ1v) is 12.7. The van der Waals surface area contributed by atoms with Gasteiger partial charge in [-0.25, -0.2) is 9.97 Å². The average molecular weight is 487 g/mol. The van der Waals surface area contributed by atoms with Gasteiger partial charge in [-0.05, 0) is 67.6 Å². The van der Waals surface area contributed by atoms with Gasteiger partial charge >= 0.3 is 5.97 Å². The van der Waals surface area contributed by atoms with Crippen LogP contribution >= 0.6 is 0 Å². The van der Waals surface area contributed by atoms with Crippen molar-refractivity contribution in [1.82, 2.24) is 15.0 Å². The molecule has 0 fully saturated rings. The van der Waals surface area contributed by atoms with Gasteiger partial charge < -0.3 is 19.8 Å². The highest BCUT2D eigenvalue weighted by atomic mass is 16.5. The highest BCUT2D eigenvalue weighted by Crippen LogP contribution is 2.28. The first kappa shape index (κ1) is 25.2. The molecule has 7 nitrogen and oxygen atoms in total. The van der Waals surface area contributed by atoms with E-state index >= 15 is 0 Å². The van der Waals surface area contributed by atoms with Crippen LogP contribution in [-0.4, -0.2) is 40.7 Å². The SMILES string of the molecule is CCOC(=O)CCCCCCOc1ccc(-c2cc3c(NCCc4ccccc4)ncnc3[nH]2)cc1. The Morgan fingerprint density at radius 3 is 2.58 bits per heavy atom. The molecule has 0 spiro atoms. The summed E-state index contributed by atoms with van der Waals surface area (Å²) >= 11 is 0. The molecule has 2 aromatic heterocycles. The maximum Gasteiger partial charge on any atom is 0.305 e. The Kier molecular flexibility index (Phi) is 9.31. The summed E-state index contributed by atoms with van der Waals surface area (Å²) in [4.78, 5) is 23.6.